The number of rotatable bonds is 5. The van der Waals surface area contributed by atoms with Crippen molar-refractivity contribution in [2.75, 3.05) is 21.3 Å². The molecule has 0 aliphatic rings. The summed E-state index contributed by atoms with van der Waals surface area (Å²) in [6, 6.07) is 5.95. The van der Waals surface area contributed by atoms with E-state index in [1.54, 1.807) is 22.6 Å². The highest BCUT2D eigenvalue weighted by atomic mass is 127. The molecule has 0 aromatic heterocycles. The van der Waals surface area contributed by atoms with E-state index in [2.05, 4.69) is 9.47 Å². The van der Waals surface area contributed by atoms with E-state index in [-0.39, 0.29) is 28.3 Å². The summed E-state index contributed by atoms with van der Waals surface area (Å²) in [6.07, 6.45) is 0. The zero-order valence-electron chi connectivity index (χ0n) is 16.6. The molecule has 0 aliphatic heterocycles. The molecule has 0 spiro atoms. The van der Waals surface area contributed by atoms with Crippen LogP contribution in [0, 0.1) is 34.3 Å². The molecule has 2 aromatic carbocycles. The van der Waals surface area contributed by atoms with Gasteiger partial charge < -0.3 is 14.2 Å². The summed E-state index contributed by atoms with van der Waals surface area (Å²) in [5.41, 5.74) is 0.324. The summed E-state index contributed by atoms with van der Waals surface area (Å²) < 4.78 is 14.8. The maximum absolute atomic E-state index is 11.4. The van der Waals surface area contributed by atoms with Gasteiger partial charge >= 0.3 is 17.6 Å². The van der Waals surface area contributed by atoms with Crippen LogP contribution in [0.2, 0.25) is 0 Å². The molecule has 0 unspecified atom stereocenters. The molecule has 0 N–H and O–H groups in total. The minimum Gasteiger partial charge on any atom is -0.490 e. The first-order chi connectivity index (χ1) is 14.5. The van der Waals surface area contributed by atoms with Gasteiger partial charge in [-0.1, -0.05) is 0 Å². The van der Waals surface area contributed by atoms with Crippen LogP contribution < -0.4 is 4.74 Å². The van der Waals surface area contributed by atoms with Crippen molar-refractivity contribution < 1.29 is 33.6 Å². The number of hydrogen-bond acceptors (Lipinski definition) is 9. The van der Waals surface area contributed by atoms with Gasteiger partial charge in [0, 0.05) is 5.56 Å². The first kappa shape index (κ1) is 26.5. The van der Waals surface area contributed by atoms with Gasteiger partial charge in [0.05, 0.1) is 43.9 Å². The largest absolute Gasteiger partial charge is 0.490 e. The number of hydrogen-bond donors (Lipinski definition) is 0. The van der Waals surface area contributed by atoms with E-state index < -0.39 is 21.8 Å². The molecule has 2 aromatic rings. The monoisotopic (exact) mass is 658 g/mol. The van der Waals surface area contributed by atoms with Gasteiger partial charge in [0.2, 0.25) is 5.75 Å². The maximum Gasteiger partial charge on any atom is 0.341 e. The van der Waals surface area contributed by atoms with Crippen molar-refractivity contribution in [3.05, 3.63) is 68.3 Å². The Morgan fingerprint density at radius 1 is 0.806 bits per heavy atom. The number of esters is 2. The fourth-order valence-corrected chi connectivity index (χ4v) is 3.82. The molecule has 0 heterocycles. The average Bonchev–Trinajstić information content (AvgIpc) is 2.72. The molecule has 11 nitrogen and oxygen atoms in total. The molecule has 13 heteroatoms. The Morgan fingerprint density at radius 3 is 1.65 bits per heavy atom. The van der Waals surface area contributed by atoms with E-state index in [9.17, 15) is 29.8 Å². The normalized spacial score (nSPS) is 9.74. The number of carbonyl (C=O) groups excluding carboxylic acids is 2. The van der Waals surface area contributed by atoms with Gasteiger partial charge in [0.1, 0.15) is 5.56 Å². The van der Waals surface area contributed by atoms with Crippen molar-refractivity contribution in [3.8, 4) is 5.75 Å². The molecule has 0 fully saturated rings. The van der Waals surface area contributed by atoms with Crippen molar-refractivity contribution in [2.45, 2.75) is 6.92 Å². The Labute approximate surface area is 203 Å². The lowest BCUT2D eigenvalue weighted by molar-refractivity contribution is -0.386. The van der Waals surface area contributed by atoms with Crippen molar-refractivity contribution in [3.63, 3.8) is 0 Å². The molecular formula is C18H16I2N2O9. The van der Waals surface area contributed by atoms with Crippen LogP contribution >= 0.6 is 45.2 Å². The van der Waals surface area contributed by atoms with Crippen LogP contribution in [0.3, 0.4) is 0 Å². The quantitative estimate of drug-likeness (QED) is 0.199. The molecular weight excluding hydrogens is 642 g/mol. The third-order valence-electron chi connectivity index (χ3n) is 3.84. The van der Waals surface area contributed by atoms with Gasteiger partial charge in [-0.15, -0.1) is 0 Å². The Hall–Kier alpha value is -2.56. The minimum absolute atomic E-state index is 0.0390. The van der Waals surface area contributed by atoms with Gasteiger partial charge in [-0.25, -0.2) is 9.59 Å². The van der Waals surface area contributed by atoms with Crippen LogP contribution in [0.4, 0.5) is 11.4 Å². The third-order valence-corrected chi connectivity index (χ3v) is 5.58. The van der Waals surface area contributed by atoms with Crippen LogP contribution in [0.15, 0.2) is 24.3 Å². The number of ether oxygens (including phenoxy) is 3. The lowest BCUT2D eigenvalue weighted by atomic mass is 10.1. The number of nitro groups is 2. The fraction of sp³-hybridized carbons (Fsp3) is 0.222. The van der Waals surface area contributed by atoms with Crippen molar-refractivity contribution in [1.82, 2.24) is 0 Å². The fourth-order valence-electron chi connectivity index (χ4n) is 2.42. The molecule has 0 radical (unpaired) electrons. The molecule has 31 heavy (non-hydrogen) atoms. The van der Waals surface area contributed by atoms with E-state index in [0.29, 0.717) is 12.7 Å². The maximum atomic E-state index is 11.4. The Kier molecular flexibility index (Phi) is 10.0. The summed E-state index contributed by atoms with van der Waals surface area (Å²) in [5, 5.41) is 21.6. The highest BCUT2D eigenvalue weighted by Crippen LogP contribution is 2.35. The van der Waals surface area contributed by atoms with Crippen LogP contribution in [-0.4, -0.2) is 43.1 Å². The molecule has 0 atom stereocenters. The number of nitro benzene ring substituents is 2. The molecule has 166 valence electrons. The predicted octanol–water partition coefficient (Wildman–Crippen LogP) is 4.29. The van der Waals surface area contributed by atoms with Gasteiger partial charge in [-0.05, 0) is 76.4 Å². The second kappa shape index (κ2) is 11.7. The average molecular weight is 658 g/mol. The SMILES string of the molecule is COC(=O)c1ccc(I)c([N+](=O)[O-])c1C.COC(=O)c1ccc(I)c([N+](=O)[O-])c1OC. The van der Waals surface area contributed by atoms with Crippen molar-refractivity contribution in [1.29, 1.82) is 0 Å². The van der Waals surface area contributed by atoms with E-state index >= 15 is 0 Å². The first-order valence-electron chi connectivity index (χ1n) is 8.12. The zero-order valence-corrected chi connectivity index (χ0v) is 20.9. The molecule has 0 aliphatic carbocycles. The van der Waals surface area contributed by atoms with E-state index in [4.69, 9.17) is 4.74 Å². The Morgan fingerprint density at radius 2 is 1.23 bits per heavy atom. The summed E-state index contributed by atoms with van der Waals surface area (Å²) in [6.45, 7) is 1.53. The number of nitrogens with zero attached hydrogens (tertiary/aromatic N) is 2. The first-order valence-corrected chi connectivity index (χ1v) is 10.3. The number of benzene rings is 2. The second-order valence-electron chi connectivity index (χ2n) is 5.54. The van der Waals surface area contributed by atoms with E-state index in [0.717, 1.165) is 0 Å². The number of halogens is 2. The van der Waals surface area contributed by atoms with Crippen LogP contribution in [0.25, 0.3) is 0 Å². The third kappa shape index (κ3) is 6.22. The number of methoxy groups -OCH3 is 3. The Balaban J connectivity index is 0.000000311. The molecule has 0 saturated carbocycles. The van der Waals surface area contributed by atoms with Crippen LogP contribution in [0.1, 0.15) is 26.3 Å². The van der Waals surface area contributed by atoms with Crippen molar-refractivity contribution >= 4 is 68.5 Å². The van der Waals surface area contributed by atoms with E-state index in [1.165, 1.54) is 52.5 Å². The lowest BCUT2D eigenvalue weighted by Gasteiger charge is -2.07. The topological polar surface area (TPSA) is 148 Å². The highest BCUT2D eigenvalue weighted by Gasteiger charge is 2.26. The number of carbonyl (C=O) groups is 2. The summed E-state index contributed by atoms with van der Waals surface area (Å²) in [5.74, 6) is -1.31. The van der Waals surface area contributed by atoms with Gasteiger partial charge in [0.15, 0.2) is 0 Å². The molecule has 2 rings (SSSR count). The van der Waals surface area contributed by atoms with Gasteiger partial charge in [-0.2, -0.15) is 0 Å². The Bertz CT molecular complexity index is 1040. The summed E-state index contributed by atoms with van der Waals surface area (Å²) in [4.78, 5) is 43.1. The highest BCUT2D eigenvalue weighted by molar-refractivity contribution is 14.1. The van der Waals surface area contributed by atoms with Crippen molar-refractivity contribution in [2.24, 2.45) is 0 Å². The van der Waals surface area contributed by atoms with Crippen LogP contribution in [-0.2, 0) is 9.47 Å². The molecule has 0 bridgehead atoms. The van der Waals surface area contributed by atoms with Gasteiger partial charge in [0.25, 0.3) is 5.69 Å². The lowest BCUT2D eigenvalue weighted by Crippen LogP contribution is -2.07. The molecule has 0 amide bonds. The summed E-state index contributed by atoms with van der Waals surface area (Å²) in [7, 11) is 3.71. The predicted molar refractivity (Wildman–Crippen MR) is 126 cm³/mol. The van der Waals surface area contributed by atoms with Gasteiger partial charge in [-0.3, -0.25) is 20.2 Å². The van der Waals surface area contributed by atoms with E-state index in [1.807, 2.05) is 22.6 Å². The standard InChI is InChI=1S/C9H8INO5.C9H8INO4/c1-15-8-5(9(12)16-2)3-4-6(10)7(8)11(13)14;1-5-6(9(12)15-2)3-4-7(10)8(5)11(13)14/h3-4H,1-2H3;3-4H,1-2H3. The van der Waals surface area contributed by atoms with Crippen LogP contribution in [0.5, 0.6) is 5.75 Å². The zero-order chi connectivity index (χ0) is 23.9. The second-order valence-corrected chi connectivity index (χ2v) is 7.87. The minimum atomic E-state index is -0.670. The smallest absolute Gasteiger partial charge is 0.341 e. The summed E-state index contributed by atoms with van der Waals surface area (Å²) >= 11 is 3.66. The molecule has 0 saturated heterocycles.